The third-order valence-corrected chi connectivity index (χ3v) is 1.55. The quantitative estimate of drug-likeness (QED) is 0.568. The molecule has 13 heavy (non-hydrogen) atoms. The second kappa shape index (κ2) is 4.55. The Morgan fingerprint density at radius 3 is 3.00 bits per heavy atom. The van der Waals surface area contributed by atoms with Crippen LogP contribution in [0.3, 0.4) is 0 Å². The first kappa shape index (κ1) is 9.65. The fraction of sp³-hybridized carbons (Fsp3) is 0.222. The molecule has 0 radical (unpaired) electrons. The van der Waals surface area contributed by atoms with Gasteiger partial charge in [0, 0.05) is 6.54 Å². The monoisotopic (exact) mass is 180 g/mol. The van der Waals surface area contributed by atoms with Crippen LogP contribution in [0.15, 0.2) is 18.2 Å². The Kier molecular flexibility index (Phi) is 3.38. The lowest BCUT2D eigenvalue weighted by molar-refractivity contribution is 0.0867. The second-order valence-electron chi connectivity index (χ2n) is 2.42. The minimum atomic E-state index is -0.490. The molecule has 0 aliphatic carbocycles. The minimum Gasteiger partial charge on any atom is -0.305 e. The fourth-order valence-electron chi connectivity index (χ4n) is 0.909. The maximum atomic E-state index is 12.8. The highest BCUT2D eigenvalue weighted by molar-refractivity contribution is 5.48. The van der Waals surface area contributed by atoms with Crippen LogP contribution in [0.5, 0.6) is 0 Å². The van der Waals surface area contributed by atoms with Gasteiger partial charge in [0.05, 0.1) is 13.7 Å². The highest BCUT2D eigenvalue weighted by atomic mass is 19.1. The lowest BCUT2D eigenvalue weighted by atomic mass is 10.2. The van der Waals surface area contributed by atoms with E-state index in [0.29, 0.717) is 6.54 Å². The lowest BCUT2D eigenvalue weighted by Gasteiger charge is -2.02. The van der Waals surface area contributed by atoms with Gasteiger partial charge in [0.15, 0.2) is 0 Å². The Bertz CT molecular complexity index is 333. The molecule has 1 rings (SSSR count). The van der Waals surface area contributed by atoms with Crippen LogP contribution < -0.4 is 5.48 Å². The van der Waals surface area contributed by atoms with E-state index in [9.17, 15) is 4.39 Å². The smallest absolute Gasteiger partial charge is 0.222 e. The molecule has 1 aromatic rings. The zero-order chi connectivity index (χ0) is 9.68. The van der Waals surface area contributed by atoms with Crippen LogP contribution in [0, 0.1) is 12.4 Å². The number of hydrogen-bond donors (Lipinski definition) is 1. The van der Waals surface area contributed by atoms with E-state index in [1.54, 1.807) is 6.07 Å². The van der Waals surface area contributed by atoms with Crippen molar-refractivity contribution < 1.29 is 9.23 Å². The molecule has 0 aliphatic heterocycles. The number of halogens is 1. The zero-order valence-corrected chi connectivity index (χ0v) is 7.17. The van der Waals surface area contributed by atoms with Gasteiger partial charge in [0.1, 0.15) is 5.82 Å². The van der Waals surface area contributed by atoms with Gasteiger partial charge in [-0.25, -0.2) is 9.24 Å². The molecule has 0 unspecified atom stereocenters. The van der Waals surface area contributed by atoms with Gasteiger partial charge in [0.25, 0.3) is 0 Å². The fourth-order valence-corrected chi connectivity index (χ4v) is 0.909. The highest BCUT2D eigenvalue weighted by Crippen LogP contribution is 2.18. The van der Waals surface area contributed by atoms with E-state index >= 15 is 0 Å². The van der Waals surface area contributed by atoms with Gasteiger partial charge in [-0.05, 0) is 17.7 Å². The van der Waals surface area contributed by atoms with Crippen LogP contribution in [-0.2, 0) is 11.4 Å². The molecular weight excluding hydrogens is 171 g/mol. The Morgan fingerprint density at radius 2 is 2.38 bits per heavy atom. The summed E-state index contributed by atoms with van der Waals surface area (Å²) in [5, 5.41) is 0. The van der Waals surface area contributed by atoms with Crippen molar-refractivity contribution >= 4 is 5.69 Å². The molecule has 0 aliphatic rings. The predicted molar refractivity (Wildman–Crippen MR) is 46.5 cm³/mol. The molecule has 0 saturated carbocycles. The van der Waals surface area contributed by atoms with E-state index in [2.05, 4.69) is 15.2 Å². The number of rotatable bonds is 3. The van der Waals surface area contributed by atoms with Gasteiger partial charge in [0.2, 0.25) is 5.69 Å². The van der Waals surface area contributed by atoms with Crippen LogP contribution in [0.4, 0.5) is 10.1 Å². The zero-order valence-electron chi connectivity index (χ0n) is 7.17. The highest BCUT2D eigenvalue weighted by Gasteiger charge is 2.01. The van der Waals surface area contributed by atoms with E-state index in [-0.39, 0.29) is 5.69 Å². The Hall–Kier alpha value is -1.44. The third-order valence-electron chi connectivity index (χ3n) is 1.55. The van der Waals surface area contributed by atoms with E-state index in [0.717, 1.165) is 5.56 Å². The third kappa shape index (κ3) is 2.51. The van der Waals surface area contributed by atoms with Crippen LogP contribution in [0.1, 0.15) is 5.56 Å². The largest absolute Gasteiger partial charge is 0.305 e. The standard InChI is InChI=1S/C9H9FN2O/c1-11-9-5-7(6-12-13-2)3-4-8(9)10/h3-5,12H,6H2,2H3. The summed E-state index contributed by atoms with van der Waals surface area (Å²) in [4.78, 5) is 7.67. The number of nitrogens with zero attached hydrogens (tertiary/aromatic N) is 1. The van der Waals surface area contributed by atoms with Gasteiger partial charge in [-0.2, -0.15) is 5.48 Å². The SMILES string of the molecule is [C-]#[N+]c1cc(CNOC)ccc1F. The Morgan fingerprint density at radius 1 is 1.62 bits per heavy atom. The number of benzene rings is 1. The molecule has 68 valence electrons. The molecule has 0 spiro atoms. The average molecular weight is 180 g/mol. The Labute approximate surface area is 75.9 Å². The van der Waals surface area contributed by atoms with Crippen molar-refractivity contribution in [1.29, 1.82) is 0 Å². The molecular formula is C9H9FN2O. The number of hydroxylamine groups is 1. The summed E-state index contributed by atoms with van der Waals surface area (Å²) < 4.78 is 12.8. The van der Waals surface area contributed by atoms with Gasteiger partial charge in [-0.15, -0.1) is 0 Å². The molecule has 0 heterocycles. The van der Waals surface area contributed by atoms with Crippen LogP contribution >= 0.6 is 0 Å². The average Bonchev–Trinajstić information content (AvgIpc) is 2.16. The first-order chi connectivity index (χ1) is 6.27. The van der Waals surface area contributed by atoms with Gasteiger partial charge in [-0.1, -0.05) is 6.07 Å². The van der Waals surface area contributed by atoms with E-state index in [1.807, 2.05) is 0 Å². The Balaban J connectivity index is 2.82. The lowest BCUT2D eigenvalue weighted by Crippen LogP contribution is -2.10. The summed E-state index contributed by atoms with van der Waals surface area (Å²) >= 11 is 0. The molecule has 0 bridgehead atoms. The molecule has 0 atom stereocenters. The van der Waals surface area contributed by atoms with Crippen molar-refractivity contribution in [1.82, 2.24) is 5.48 Å². The summed E-state index contributed by atoms with van der Waals surface area (Å²) in [6, 6.07) is 4.38. The first-order valence-electron chi connectivity index (χ1n) is 3.69. The molecule has 4 heteroatoms. The molecule has 1 N–H and O–H groups in total. The van der Waals surface area contributed by atoms with Gasteiger partial charge >= 0.3 is 0 Å². The predicted octanol–water partition coefficient (Wildman–Crippen LogP) is 2.03. The van der Waals surface area contributed by atoms with Crippen molar-refractivity contribution in [2.24, 2.45) is 0 Å². The summed E-state index contributed by atoms with van der Waals surface area (Å²) in [5.41, 5.74) is 3.46. The van der Waals surface area contributed by atoms with Crippen molar-refractivity contribution in [2.45, 2.75) is 6.54 Å². The summed E-state index contributed by atoms with van der Waals surface area (Å²) in [6.45, 7) is 7.15. The van der Waals surface area contributed by atoms with E-state index in [1.165, 1.54) is 19.2 Å². The van der Waals surface area contributed by atoms with Crippen molar-refractivity contribution in [2.75, 3.05) is 7.11 Å². The summed E-state index contributed by atoms with van der Waals surface area (Å²) in [7, 11) is 1.50. The first-order valence-corrected chi connectivity index (χ1v) is 3.69. The van der Waals surface area contributed by atoms with E-state index in [4.69, 9.17) is 6.57 Å². The van der Waals surface area contributed by atoms with Crippen molar-refractivity contribution in [3.05, 3.63) is 41.0 Å². The molecule has 0 fully saturated rings. The van der Waals surface area contributed by atoms with Crippen LogP contribution in [-0.4, -0.2) is 7.11 Å². The number of hydrogen-bond acceptors (Lipinski definition) is 2. The van der Waals surface area contributed by atoms with E-state index < -0.39 is 5.82 Å². The normalized spacial score (nSPS) is 9.62. The second-order valence-corrected chi connectivity index (χ2v) is 2.42. The maximum absolute atomic E-state index is 12.8. The number of nitrogens with one attached hydrogen (secondary N) is 1. The van der Waals surface area contributed by atoms with Crippen molar-refractivity contribution in [3.63, 3.8) is 0 Å². The molecule has 3 nitrogen and oxygen atoms in total. The summed E-state index contributed by atoms with van der Waals surface area (Å²) in [6.07, 6.45) is 0. The van der Waals surface area contributed by atoms with Crippen LogP contribution in [0.25, 0.3) is 4.85 Å². The molecule has 0 saturated heterocycles. The molecule has 0 aromatic heterocycles. The van der Waals surface area contributed by atoms with Gasteiger partial charge in [-0.3, -0.25) is 0 Å². The minimum absolute atomic E-state index is 0.0374. The topological polar surface area (TPSA) is 25.6 Å². The summed E-state index contributed by atoms with van der Waals surface area (Å²) in [5.74, 6) is -0.490. The van der Waals surface area contributed by atoms with Gasteiger partial charge < -0.3 is 4.84 Å². The maximum Gasteiger partial charge on any atom is 0.222 e. The molecule has 0 amide bonds. The molecule has 1 aromatic carbocycles. The van der Waals surface area contributed by atoms with Crippen molar-refractivity contribution in [3.8, 4) is 0 Å². The van der Waals surface area contributed by atoms with Crippen LogP contribution in [0.2, 0.25) is 0 Å².